The quantitative estimate of drug-likeness (QED) is 0.566. The van der Waals surface area contributed by atoms with Crippen LogP contribution in [0.15, 0.2) is 22.7 Å². The maximum absolute atomic E-state index is 12.3. The number of carbonyl (C=O) groups is 1. The SMILES string of the molecule is COc1cc(/C=C/C(=O)OC2CC3CCC2(C)C3(C)C)cc(Br)c1O. The minimum Gasteiger partial charge on any atom is -0.503 e. The summed E-state index contributed by atoms with van der Waals surface area (Å²) in [5.74, 6) is 0.707. The van der Waals surface area contributed by atoms with E-state index in [1.807, 2.05) is 0 Å². The molecule has 2 aliphatic carbocycles. The minimum absolute atomic E-state index is 0.0144. The predicted octanol–water partition coefficient (Wildman–Crippen LogP) is 4.93. The number of hydrogen-bond acceptors (Lipinski definition) is 4. The number of ether oxygens (including phenoxy) is 2. The Morgan fingerprint density at radius 2 is 2.08 bits per heavy atom. The third kappa shape index (κ3) is 2.97. The molecule has 2 saturated carbocycles. The highest BCUT2D eigenvalue weighted by Gasteiger charge is 2.62. The van der Waals surface area contributed by atoms with Crippen molar-refractivity contribution in [3.63, 3.8) is 0 Å². The average molecular weight is 409 g/mol. The summed E-state index contributed by atoms with van der Waals surface area (Å²) in [6, 6.07) is 3.40. The molecular weight excluding hydrogens is 384 g/mol. The molecule has 0 saturated heterocycles. The maximum atomic E-state index is 12.3. The van der Waals surface area contributed by atoms with Gasteiger partial charge in [-0.3, -0.25) is 0 Å². The molecule has 25 heavy (non-hydrogen) atoms. The second-order valence-corrected chi connectivity index (χ2v) is 8.78. The molecule has 0 spiro atoms. The van der Waals surface area contributed by atoms with E-state index < -0.39 is 0 Å². The van der Waals surface area contributed by atoms with Gasteiger partial charge in [-0.05, 0) is 70.3 Å². The maximum Gasteiger partial charge on any atom is 0.331 e. The van der Waals surface area contributed by atoms with Gasteiger partial charge in [0.05, 0.1) is 11.6 Å². The third-order valence-electron chi connectivity index (χ3n) is 6.65. The number of esters is 1. The van der Waals surface area contributed by atoms with Crippen LogP contribution in [0.5, 0.6) is 11.5 Å². The fraction of sp³-hybridized carbons (Fsp3) is 0.550. The Bertz CT molecular complexity index is 725. The van der Waals surface area contributed by atoms with E-state index in [1.165, 1.54) is 19.6 Å². The van der Waals surface area contributed by atoms with Crippen LogP contribution in [-0.4, -0.2) is 24.3 Å². The number of rotatable bonds is 4. The van der Waals surface area contributed by atoms with Gasteiger partial charge < -0.3 is 14.6 Å². The molecule has 0 aromatic heterocycles. The van der Waals surface area contributed by atoms with Gasteiger partial charge >= 0.3 is 5.97 Å². The van der Waals surface area contributed by atoms with Crippen LogP contribution in [0.1, 0.15) is 45.6 Å². The number of phenols is 1. The van der Waals surface area contributed by atoms with Gasteiger partial charge in [0.25, 0.3) is 0 Å². The zero-order chi connectivity index (χ0) is 18.4. The topological polar surface area (TPSA) is 55.8 Å². The van der Waals surface area contributed by atoms with Gasteiger partial charge in [0, 0.05) is 11.5 Å². The largest absolute Gasteiger partial charge is 0.503 e. The molecular formula is C20H25BrO4. The van der Waals surface area contributed by atoms with E-state index in [9.17, 15) is 9.90 Å². The molecule has 1 N–H and O–H groups in total. The number of benzene rings is 1. The van der Waals surface area contributed by atoms with Crippen LogP contribution in [0.4, 0.5) is 0 Å². The van der Waals surface area contributed by atoms with E-state index in [0.29, 0.717) is 16.1 Å². The lowest BCUT2D eigenvalue weighted by molar-refractivity contribution is -0.150. The molecule has 2 aliphatic rings. The van der Waals surface area contributed by atoms with Crippen LogP contribution in [-0.2, 0) is 9.53 Å². The Hall–Kier alpha value is -1.49. The fourth-order valence-corrected chi connectivity index (χ4v) is 4.96. The minimum atomic E-state index is -0.322. The van der Waals surface area contributed by atoms with Crippen molar-refractivity contribution < 1.29 is 19.4 Å². The smallest absolute Gasteiger partial charge is 0.331 e. The molecule has 2 fully saturated rings. The molecule has 3 rings (SSSR count). The van der Waals surface area contributed by atoms with Crippen LogP contribution in [0.25, 0.3) is 6.08 Å². The molecule has 0 aliphatic heterocycles. The molecule has 0 amide bonds. The van der Waals surface area contributed by atoms with Crippen molar-refractivity contribution in [1.82, 2.24) is 0 Å². The van der Waals surface area contributed by atoms with Gasteiger partial charge in [-0.2, -0.15) is 0 Å². The number of methoxy groups -OCH3 is 1. The Morgan fingerprint density at radius 1 is 1.36 bits per heavy atom. The monoisotopic (exact) mass is 408 g/mol. The van der Waals surface area contributed by atoms with E-state index >= 15 is 0 Å². The Balaban J connectivity index is 1.70. The van der Waals surface area contributed by atoms with Gasteiger partial charge in [-0.25, -0.2) is 4.79 Å². The van der Waals surface area contributed by atoms with Crippen molar-refractivity contribution in [1.29, 1.82) is 0 Å². The van der Waals surface area contributed by atoms with Crippen LogP contribution >= 0.6 is 15.9 Å². The molecule has 0 heterocycles. The lowest BCUT2D eigenvalue weighted by Crippen LogP contribution is -2.38. The lowest BCUT2D eigenvalue weighted by atomic mass is 9.70. The van der Waals surface area contributed by atoms with Crippen molar-refractivity contribution in [2.45, 2.75) is 46.1 Å². The highest BCUT2D eigenvalue weighted by atomic mass is 79.9. The van der Waals surface area contributed by atoms with E-state index in [4.69, 9.17) is 9.47 Å². The van der Waals surface area contributed by atoms with E-state index in [1.54, 1.807) is 18.2 Å². The number of aromatic hydroxyl groups is 1. The van der Waals surface area contributed by atoms with Gasteiger partial charge in [0.15, 0.2) is 11.5 Å². The molecule has 136 valence electrons. The number of halogens is 1. The molecule has 3 atom stereocenters. The standard InChI is InChI=1S/C20H25BrO4/c1-19(2)13-7-8-20(19,3)16(11-13)25-17(22)6-5-12-9-14(21)18(23)15(10-12)24-4/h5-6,9-10,13,16,23H,7-8,11H2,1-4H3/b6-5+. The van der Waals surface area contributed by atoms with Crippen LogP contribution in [0.2, 0.25) is 0 Å². The predicted molar refractivity (Wildman–Crippen MR) is 101 cm³/mol. The van der Waals surface area contributed by atoms with Crippen molar-refractivity contribution in [3.8, 4) is 11.5 Å². The third-order valence-corrected chi connectivity index (χ3v) is 7.26. The highest BCUT2D eigenvalue weighted by molar-refractivity contribution is 9.10. The van der Waals surface area contributed by atoms with Crippen molar-refractivity contribution in [2.75, 3.05) is 7.11 Å². The van der Waals surface area contributed by atoms with E-state index in [2.05, 4.69) is 36.7 Å². The second-order valence-electron chi connectivity index (χ2n) is 7.92. The van der Waals surface area contributed by atoms with Gasteiger partial charge in [-0.1, -0.05) is 20.8 Å². The summed E-state index contributed by atoms with van der Waals surface area (Å²) in [6.07, 6.45) is 6.42. The normalized spacial score (nSPS) is 30.0. The molecule has 5 heteroatoms. The van der Waals surface area contributed by atoms with Crippen molar-refractivity contribution >= 4 is 28.0 Å². The molecule has 0 radical (unpaired) electrons. The van der Waals surface area contributed by atoms with E-state index in [-0.39, 0.29) is 28.7 Å². The summed E-state index contributed by atoms with van der Waals surface area (Å²) in [6.45, 7) is 6.85. The highest BCUT2D eigenvalue weighted by Crippen LogP contribution is 2.66. The van der Waals surface area contributed by atoms with Crippen LogP contribution < -0.4 is 4.74 Å². The van der Waals surface area contributed by atoms with Crippen LogP contribution in [0, 0.1) is 16.7 Å². The second kappa shape index (κ2) is 6.35. The molecule has 1 aromatic rings. The summed E-state index contributed by atoms with van der Waals surface area (Å²) >= 11 is 3.28. The number of fused-ring (bicyclic) bond motifs is 2. The first-order valence-corrected chi connectivity index (χ1v) is 9.43. The molecule has 1 aromatic carbocycles. The number of hydrogen-bond donors (Lipinski definition) is 1. The average Bonchev–Trinajstić information content (AvgIpc) is 2.89. The summed E-state index contributed by atoms with van der Waals surface area (Å²) < 4.78 is 11.4. The summed E-state index contributed by atoms with van der Waals surface area (Å²) in [5.41, 5.74) is 1.03. The lowest BCUT2D eigenvalue weighted by Gasteiger charge is -2.38. The molecule has 4 nitrogen and oxygen atoms in total. The first-order chi connectivity index (χ1) is 11.7. The van der Waals surface area contributed by atoms with Crippen molar-refractivity contribution in [3.05, 3.63) is 28.2 Å². The molecule has 3 unspecified atom stereocenters. The van der Waals surface area contributed by atoms with Gasteiger partial charge in [-0.15, -0.1) is 0 Å². The number of phenolic OH excluding ortho intramolecular Hbond substituents is 1. The zero-order valence-corrected chi connectivity index (χ0v) is 16.7. The fourth-order valence-electron chi connectivity index (χ4n) is 4.50. The first kappa shape index (κ1) is 18.3. The summed E-state index contributed by atoms with van der Waals surface area (Å²) in [7, 11) is 1.49. The van der Waals surface area contributed by atoms with Crippen molar-refractivity contribution in [2.24, 2.45) is 16.7 Å². The summed E-state index contributed by atoms with van der Waals surface area (Å²) in [4.78, 5) is 12.3. The first-order valence-electron chi connectivity index (χ1n) is 8.64. The zero-order valence-electron chi connectivity index (χ0n) is 15.1. The molecule has 2 bridgehead atoms. The Morgan fingerprint density at radius 3 is 2.64 bits per heavy atom. The number of carbonyl (C=O) groups excluding carboxylic acids is 1. The summed E-state index contributed by atoms with van der Waals surface area (Å²) in [5, 5.41) is 9.84. The van der Waals surface area contributed by atoms with E-state index in [0.717, 1.165) is 18.4 Å². The Labute approximate surface area is 157 Å². The van der Waals surface area contributed by atoms with Gasteiger partial charge in [0.1, 0.15) is 6.10 Å². The van der Waals surface area contributed by atoms with Gasteiger partial charge in [0.2, 0.25) is 0 Å². The van der Waals surface area contributed by atoms with Crippen LogP contribution in [0.3, 0.4) is 0 Å². The Kier molecular flexibility index (Phi) is 4.65.